The van der Waals surface area contributed by atoms with Gasteiger partial charge in [-0.25, -0.2) is 4.79 Å². The van der Waals surface area contributed by atoms with Crippen LogP contribution in [-0.4, -0.2) is 30.9 Å². The van der Waals surface area contributed by atoms with Crippen molar-refractivity contribution in [2.24, 2.45) is 10.2 Å². The lowest BCUT2D eigenvalue weighted by Crippen LogP contribution is -2.02. The first-order valence-corrected chi connectivity index (χ1v) is 15.0. The van der Waals surface area contributed by atoms with E-state index in [9.17, 15) is 9.90 Å². The van der Waals surface area contributed by atoms with Crippen LogP contribution in [0.25, 0.3) is 0 Å². The van der Waals surface area contributed by atoms with Gasteiger partial charge in [0.15, 0.2) is 0 Å². The van der Waals surface area contributed by atoms with Crippen LogP contribution < -0.4 is 9.47 Å². The van der Waals surface area contributed by atoms with Gasteiger partial charge in [-0.05, 0) is 68.5 Å². The van der Waals surface area contributed by atoms with Crippen molar-refractivity contribution < 1.29 is 24.1 Å². The van der Waals surface area contributed by atoms with Gasteiger partial charge in [0.25, 0.3) is 0 Å². The van der Waals surface area contributed by atoms with Crippen molar-refractivity contribution in [1.82, 2.24) is 0 Å². The minimum absolute atomic E-state index is 0.0155. The number of azo groups is 1. The lowest BCUT2D eigenvalue weighted by molar-refractivity contribution is -0.137. The average Bonchev–Trinajstić information content (AvgIpc) is 2.97. The zero-order valence-electron chi connectivity index (χ0n) is 24.3. The molecule has 2 aromatic rings. The van der Waals surface area contributed by atoms with E-state index in [4.69, 9.17) is 14.2 Å². The Balaban J connectivity index is 1.59. The molecule has 0 atom stereocenters. The summed E-state index contributed by atoms with van der Waals surface area (Å²) in [5.41, 5.74) is 1.06. The fraction of sp³-hybridized carbons (Fsp3) is 0.545. The Morgan fingerprint density at radius 3 is 1.82 bits per heavy atom. The maximum Gasteiger partial charge on any atom is 0.330 e. The number of benzene rings is 2. The Hall–Kier alpha value is -3.35. The molecule has 0 fully saturated rings. The maximum absolute atomic E-state index is 11.0. The summed E-state index contributed by atoms with van der Waals surface area (Å²) < 4.78 is 16.5. The van der Waals surface area contributed by atoms with E-state index in [0.29, 0.717) is 30.3 Å². The molecule has 0 aliphatic heterocycles. The SMILES string of the molecule is C=CC(=O)OCCCCCCOc1ccc(N=Nc2ccc(OCCCCCCCCCCCC)cc2)c(O)c1. The highest BCUT2D eigenvalue weighted by Crippen LogP contribution is 2.32. The summed E-state index contributed by atoms with van der Waals surface area (Å²) in [5.74, 6) is 1.04. The first-order chi connectivity index (χ1) is 19.6. The van der Waals surface area contributed by atoms with Crippen molar-refractivity contribution in [2.75, 3.05) is 19.8 Å². The van der Waals surface area contributed by atoms with Crippen LogP contribution in [0, 0.1) is 0 Å². The third kappa shape index (κ3) is 15.3. The lowest BCUT2D eigenvalue weighted by Gasteiger charge is -2.08. The molecule has 7 heteroatoms. The van der Waals surface area contributed by atoms with Gasteiger partial charge < -0.3 is 19.3 Å². The zero-order chi connectivity index (χ0) is 28.7. The Kier molecular flexibility index (Phi) is 17.6. The van der Waals surface area contributed by atoms with Gasteiger partial charge in [0.05, 0.1) is 25.5 Å². The highest BCUT2D eigenvalue weighted by Gasteiger charge is 2.04. The second-order valence-electron chi connectivity index (χ2n) is 10.0. The fourth-order valence-corrected chi connectivity index (χ4v) is 4.16. The number of carbonyl (C=O) groups is 1. The first-order valence-electron chi connectivity index (χ1n) is 15.0. The minimum atomic E-state index is -0.386. The van der Waals surface area contributed by atoms with E-state index in [-0.39, 0.29) is 11.7 Å². The van der Waals surface area contributed by atoms with E-state index < -0.39 is 0 Å². The number of esters is 1. The maximum atomic E-state index is 11.0. The normalized spacial score (nSPS) is 11.0. The van der Waals surface area contributed by atoms with E-state index in [2.05, 4.69) is 23.7 Å². The monoisotopic (exact) mass is 552 g/mol. The molecular weight excluding hydrogens is 504 g/mol. The van der Waals surface area contributed by atoms with Gasteiger partial charge in [0, 0.05) is 12.1 Å². The Bertz CT molecular complexity index is 991. The predicted octanol–water partition coefficient (Wildman–Crippen LogP) is 9.78. The molecule has 1 N–H and O–H groups in total. The lowest BCUT2D eigenvalue weighted by atomic mass is 10.1. The minimum Gasteiger partial charge on any atom is -0.505 e. The summed E-state index contributed by atoms with van der Waals surface area (Å²) in [6.07, 6.45) is 17.9. The standard InChI is InChI=1S/C33H48N2O5/c1-3-5-6-7-8-9-10-11-12-15-24-38-29-20-18-28(19-21-29)34-35-31-23-22-30(27-32(31)36)39-25-16-13-14-17-26-40-33(37)4-2/h4,18-23,27,36H,2-3,5-17,24-26H2,1H3. The van der Waals surface area contributed by atoms with Gasteiger partial charge in [-0.1, -0.05) is 71.3 Å². The number of rotatable bonds is 23. The van der Waals surface area contributed by atoms with Gasteiger partial charge in [-0.15, -0.1) is 5.11 Å². The van der Waals surface area contributed by atoms with Crippen molar-refractivity contribution >= 4 is 17.3 Å². The summed E-state index contributed by atoms with van der Waals surface area (Å²) in [6, 6.07) is 12.5. The Labute approximate surface area is 240 Å². The van der Waals surface area contributed by atoms with Crippen LogP contribution in [-0.2, 0) is 9.53 Å². The molecule has 0 heterocycles. The second-order valence-corrected chi connectivity index (χ2v) is 10.0. The molecule has 0 aliphatic rings. The van der Waals surface area contributed by atoms with Crippen LogP contribution in [0.15, 0.2) is 65.3 Å². The molecular formula is C33H48N2O5. The number of phenolic OH excluding ortho intramolecular Hbond substituents is 1. The van der Waals surface area contributed by atoms with Crippen LogP contribution in [0.1, 0.15) is 96.8 Å². The zero-order valence-corrected chi connectivity index (χ0v) is 24.3. The van der Waals surface area contributed by atoms with Gasteiger partial charge in [0.2, 0.25) is 0 Å². The smallest absolute Gasteiger partial charge is 0.330 e. The van der Waals surface area contributed by atoms with E-state index in [1.807, 2.05) is 24.3 Å². The Morgan fingerprint density at radius 1 is 0.725 bits per heavy atom. The summed E-state index contributed by atoms with van der Waals surface area (Å²) in [4.78, 5) is 11.0. The fourth-order valence-electron chi connectivity index (χ4n) is 4.16. The van der Waals surface area contributed by atoms with Gasteiger partial charge in [-0.3, -0.25) is 0 Å². The van der Waals surface area contributed by atoms with Crippen LogP contribution in [0.2, 0.25) is 0 Å². The topological polar surface area (TPSA) is 89.7 Å². The summed E-state index contributed by atoms with van der Waals surface area (Å²) in [5, 5.41) is 18.7. The summed E-state index contributed by atoms with van der Waals surface area (Å²) in [6.45, 7) is 7.31. The van der Waals surface area contributed by atoms with Crippen LogP contribution in [0.3, 0.4) is 0 Å². The highest BCUT2D eigenvalue weighted by molar-refractivity contribution is 5.81. The van der Waals surface area contributed by atoms with E-state index in [1.165, 1.54) is 63.9 Å². The molecule has 0 spiro atoms. The molecule has 0 aliphatic carbocycles. The quantitative estimate of drug-likeness (QED) is 0.0641. The number of carbonyl (C=O) groups excluding carboxylic acids is 1. The van der Waals surface area contributed by atoms with Crippen molar-refractivity contribution in [3.05, 3.63) is 55.1 Å². The molecule has 0 amide bonds. The number of nitrogens with zero attached hydrogens (tertiary/aromatic N) is 2. The largest absolute Gasteiger partial charge is 0.505 e. The number of hydrogen-bond donors (Lipinski definition) is 1. The Morgan fingerprint density at radius 2 is 1.25 bits per heavy atom. The predicted molar refractivity (Wildman–Crippen MR) is 161 cm³/mol. The molecule has 2 aromatic carbocycles. The number of aromatic hydroxyl groups is 1. The molecule has 0 unspecified atom stereocenters. The molecule has 0 saturated carbocycles. The van der Waals surface area contributed by atoms with Gasteiger partial charge in [-0.2, -0.15) is 5.11 Å². The third-order valence-electron chi connectivity index (χ3n) is 6.54. The molecule has 0 saturated heterocycles. The van der Waals surface area contributed by atoms with Crippen LogP contribution in [0.5, 0.6) is 17.2 Å². The van der Waals surface area contributed by atoms with E-state index in [1.54, 1.807) is 18.2 Å². The van der Waals surface area contributed by atoms with Gasteiger partial charge in [0.1, 0.15) is 22.9 Å². The average molecular weight is 553 g/mol. The molecule has 7 nitrogen and oxygen atoms in total. The van der Waals surface area contributed by atoms with Crippen molar-refractivity contribution in [3.63, 3.8) is 0 Å². The van der Waals surface area contributed by atoms with Crippen molar-refractivity contribution in [2.45, 2.75) is 96.8 Å². The summed E-state index contributed by atoms with van der Waals surface area (Å²) >= 11 is 0. The first kappa shape index (κ1) is 32.9. The molecule has 220 valence electrons. The number of phenols is 1. The van der Waals surface area contributed by atoms with Crippen LogP contribution >= 0.6 is 0 Å². The number of ether oxygens (including phenoxy) is 3. The van der Waals surface area contributed by atoms with Crippen LogP contribution in [0.4, 0.5) is 11.4 Å². The van der Waals surface area contributed by atoms with Crippen molar-refractivity contribution in [3.8, 4) is 17.2 Å². The third-order valence-corrected chi connectivity index (χ3v) is 6.54. The molecule has 0 aromatic heterocycles. The summed E-state index contributed by atoms with van der Waals surface area (Å²) in [7, 11) is 0. The number of unbranched alkanes of at least 4 members (excludes halogenated alkanes) is 12. The molecule has 0 radical (unpaired) electrons. The van der Waals surface area contributed by atoms with Gasteiger partial charge >= 0.3 is 5.97 Å². The second kappa shape index (κ2) is 21.5. The molecule has 0 bridgehead atoms. The highest BCUT2D eigenvalue weighted by atomic mass is 16.5. The van der Waals surface area contributed by atoms with Crippen molar-refractivity contribution in [1.29, 1.82) is 0 Å². The van der Waals surface area contributed by atoms with E-state index in [0.717, 1.165) is 44.5 Å². The number of hydrogen-bond acceptors (Lipinski definition) is 7. The van der Waals surface area contributed by atoms with E-state index >= 15 is 0 Å². The molecule has 2 rings (SSSR count). The molecule has 40 heavy (non-hydrogen) atoms.